The van der Waals surface area contributed by atoms with Crippen molar-refractivity contribution in [1.29, 1.82) is 0 Å². The average Bonchev–Trinajstić information content (AvgIpc) is 3.16. The van der Waals surface area contributed by atoms with Gasteiger partial charge in [-0.15, -0.1) is 0 Å². The van der Waals surface area contributed by atoms with Gasteiger partial charge in [-0.3, -0.25) is 15.6 Å². The van der Waals surface area contributed by atoms with Crippen LogP contribution in [0.2, 0.25) is 0 Å². The van der Waals surface area contributed by atoms with Gasteiger partial charge >= 0.3 is 12.1 Å². The Bertz CT molecular complexity index is 645. The topological polar surface area (TPSA) is 53.6 Å². The van der Waals surface area contributed by atoms with Crippen LogP contribution in [0.3, 0.4) is 0 Å². The SMILES string of the molecule is COC(=O)CCN1CCC(C2CC(c3cccc(C(F)(F)F)c3)NN2)CC1. The van der Waals surface area contributed by atoms with E-state index >= 15 is 0 Å². The highest BCUT2D eigenvalue weighted by molar-refractivity contribution is 5.69. The summed E-state index contributed by atoms with van der Waals surface area (Å²) in [6, 6.07) is 5.67. The Hall–Kier alpha value is -1.64. The van der Waals surface area contributed by atoms with Crippen LogP contribution in [0.5, 0.6) is 0 Å². The summed E-state index contributed by atoms with van der Waals surface area (Å²) in [6.07, 6.45) is -1.12. The van der Waals surface area contributed by atoms with Gasteiger partial charge in [-0.25, -0.2) is 0 Å². The number of rotatable bonds is 5. The first-order valence-electron chi connectivity index (χ1n) is 9.34. The van der Waals surface area contributed by atoms with E-state index in [1.807, 2.05) is 0 Å². The van der Waals surface area contributed by atoms with E-state index in [2.05, 4.69) is 20.5 Å². The number of methoxy groups -OCH3 is 1. The van der Waals surface area contributed by atoms with Crippen LogP contribution in [0.15, 0.2) is 24.3 Å². The van der Waals surface area contributed by atoms with Crippen LogP contribution < -0.4 is 10.9 Å². The predicted molar refractivity (Wildman–Crippen MR) is 94.7 cm³/mol. The van der Waals surface area contributed by atoms with Gasteiger partial charge in [0.15, 0.2) is 0 Å². The molecule has 2 heterocycles. The van der Waals surface area contributed by atoms with Crippen molar-refractivity contribution in [3.63, 3.8) is 0 Å². The number of benzene rings is 1. The molecule has 0 bridgehead atoms. The maximum absolute atomic E-state index is 12.9. The predicted octanol–water partition coefficient (Wildman–Crippen LogP) is 2.89. The van der Waals surface area contributed by atoms with Crippen molar-refractivity contribution >= 4 is 5.97 Å². The fraction of sp³-hybridized carbons (Fsp3) is 0.632. The van der Waals surface area contributed by atoms with Gasteiger partial charge in [0.05, 0.1) is 19.1 Å². The highest BCUT2D eigenvalue weighted by atomic mass is 19.4. The van der Waals surface area contributed by atoms with E-state index < -0.39 is 11.7 Å². The zero-order chi connectivity index (χ0) is 19.4. The van der Waals surface area contributed by atoms with E-state index in [1.54, 1.807) is 6.07 Å². The minimum absolute atomic E-state index is 0.116. The summed E-state index contributed by atoms with van der Waals surface area (Å²) in [6.45, 7) is 2.56. The molecule has 0 aliphatic carbocycles. The van der Waals surface area contributed by atoms with Crippen molar-refractivity contribution in [2.45, 2.75) is 43.9 Å². The fourth-order valence-corrected chi connectivity index (χ4v) is 3.97. The highest BCUT2D eigenvalue weighted by Crippen LogP contribution is 2.34. The summed E-state index contributed by atoms with van der Waals surface area (Å²) in [7, 11) is 1.40. The van der Waals surface area contributed by atoms with E-state index in [0.717, 1.165) is 38.4 Å². The average molecular weight is 385 g/mol. The van der Waals surface area contributed by atoms with Crippen molar-refractivity contribution in [1.82, 2.24) is 15.8 Å². The number of halogens is 3. The summed E-state index contributed by atoms with van der Waals surface area (Å²) in [5, 5.41) is 0. The summed E-state index contributed by atoms with van der Waals surface area (Å²) in [4.78, 5) is 13.5. The molecular formula is C19H26F3N3O2. The highest BCUT2D eigenvalue weighted by Gasteiger charge is 2.35. The quantitative estimate of drug-likeness (QED) is 0.764. The molecule has 0 aromatic heterocycles. The Morgan fingerprint density at radius 2 is 2.00 bits per heavy atom. The van der Waals surface area contributed by atoms with Gasteiger partial charge in [0.1, 0.15) is 0 Å². The summed E-state index contributed by atoms with van der Waals surface area (Å²) >= 11 is 0. The lowest BCUT2D eigenvalue weighted by molar-refractivity contribution is -0.141. The number of hydrogen-bond acceptors (Lipinski definition) is 5. The molecule has 3 rings (SSSR count). The molecule has 8 heteroatoms. The van der Waals surface area contributed by atoms with Gasteiger partial charge in [0.25, 0.3) is 0 Å². The molecule has 0 radical (unpaired) electrons. The third-order valence-corrected chi connectivity index (χ3v) is 5.61. The van der Waals surface area contributed by atoms with E-state index in [-0.39, 0.29) is 18.1 Å². The number of hydrogen-bond donors (Lipinski definition) is 2. The number of carbonyl (C=O) groups excluding carboxylic acids is 1. The second-order valence-corrected chi connectivity index (χ2v) is 7.31. The number of nitrogens with zero attached hydrogens (tertiary/aromatic N) is 1. The van der Waals surface area contributed by atoms with E-state index in [1.165, 1.54) is 19.2 Å². The Kier molecular flexibility index (Phi) is 6.39. The Labute approximate surface area is 157 Å². The second kappa shape index (κ2) is 8.58. The monoisotopic (exact) mass is 385 g/mol. The van der Waals surface area contributed by atoms with Crippen LogP contribution in [-0.4, -0.2) is 43.7 Å². The molecule has 0 spiro atoms. The third-order valence-electron chi connectivity index (χ3n) is 5.61. The molecule has 0 amide bonds. The second-order valence-electron chi connectivity index (χ2n) is 7.31. The van der Waals surface area contributed by atoms with Gasteiger partial charge in [0, 0.05) is 18.6 Å². The number of nitrogens with one attached hydrogen (secondary N) is 2. The van der Waals surface area contributed by atoms with Gasteiger partial charge in [-0.1, -0.05) is 12.1 Å². The zero-order valence-corrected chi connectivity index (χ0v) is 15.4. The van der Waals surface area contributed by atoms with Crippen LogP contribution in [0.4, 0.5) is 13.2 Å². The van der Waals surface area contributed by atoms with Crippen LogP contribution in [0, 0.1) is 5.92 Å². The summed E-state index contributed by atoms with van der Waals surface area (Å²) in [5.41, 5.74) is 6.50. The van der Waals surface area contributed by atoms with Crippen LogP contribution in [-0.2, 0) is 15.7 Å². The molecule has 2 fully saturated rings. The molecule has 2 N–H and O–H groups in total. The summed E-state index contributed by atoms with van der Waals surface area (Å²) in [5.74, 6) is 0.283. The minimum atomic E-state index is -4.32. The fourth-order valence-electron chi connectivity index (χ4n) is 3.97. The zero-order valence-electron chi connectivity index (χ0n) is 15.4. The molecule has 1 aromatic carbocycles. The molecule has 27 heavy (non-hydrogen) atoms. The maximum Gasteiger partial charge on any atom is 0.416 e. The number of hydrazine groups is 1. The molecule has 2 aliphatic rings. The van der Waals surface area contributed by atoms with Crippen molar-refractivity contribution in [3.05, 3.63) is 35.4 Å². The Morgan fingerprint density at radius 3 is 2.67 bits per heavy atom. The molecule has 5 nitrogen and oxygen atoms in total. The molecule has 150 valence electrons. The first kappa shape index (κ1) is 20.1. The molecule has 0 saturated carbocycles. The number of alkyl halides is 3. The van der Waals surface area contributed by atoms with Gasteiger partial charge in [0.2, 0.25) is 0 Å². The summed E-state index contributed by atoms with van der Waals surface area (Å²) < 4.78 is 43.4. The first-order chi connectivity index (χ1) is 12.9. The Morgan fingerprint density at radius 1 is 1.26 bits per heavy atom. The van der Waals surface area contributed by atoms with Crippen LogP contribution in [0.25, 0.3) is 0 Å². The first-order valence-corrected chi connectivity index (χ1v) is 9.34. The van der Waals surface area contributed by atoms with Gasteiger partial charge in [-0.05, 0) is 56.0 Å². The van der Waals surface area contributed by atoms with Crippen molar-refractivity contribution < 1.29 is 22.7 Å². The Balaban J connectivity index is 1.50. The largest absolute Gasteiger partial charge is 0.469 e. The van der Waals surface area contributed by atoms with E-state index in [9.17, 15) is 18.0 Å². The van der Waals surface area contributed by atoms with Crippen molar-refractivity contribution in [3.8, 4) is 0 Å². The molecule has 2 unspecified atom stereocenters. The lowest BCUT2D eigenvalue weighted by Crippen LogP contribution is -2.43. The third kappa shape index (κ3) is 5.21. The lowest BCUT2D eigenvalue weighted by atomic mass is 9.86. The molecule has 2 aliphatic heterocycles. The molecule has 2 saturated heterocycles. The van der Waals surface area contributed by atoms with Crippen LogP contribution >= 0.6 is 0 Å². The van der Waals surface area contributed by atoms with Crippen molar-refractivity contribution in [2.75, 3.05) is 26.7 Å². The number of esters is 1. The number of piperidine rings is 1. The van der Waals surface area contributed by atoms with Gasteiger partial charge < -0.3 is 9.64 Å². The smallest absolute Gasteiger partial charge is 0.416 e. The number of likely N-dealkylation sites (tertiary alicyclic amines) is 1. The molecule has 2 atom stereocenters. The molecular weight excluding hydrogens is 359 g/mol. The minimum Gasteiger partial charge on any atom is -0.469 e. The van der Waals surface area contributed by atoms with Crippen molar-refractivity contribution in [2.24, 2.45) is 5.92 Å². The van der Waals surface area contributed by atoms with Gasteiger partial charge in [-0.2, -0.15) is 13.2 Å². The molecule has 1 aromatic rings. The lowest BCUT2D eigenvalue weighted by Gasteiger charge is -2.34. The number of carbonyl (C=O) groups is 1. The van der Waals surface area contributed by atoms with E-state index in [4.69, 9.17) is 0 Å². The standard InChI is InChI=1S/C19H26F3N3O2/c1-27-18(26)7-10-25-8-5-13(6-9-25)16-12-17(24-23-16)14-3-2-4-15(11-14)19(20,21)22/h2-4,11,13,16-17,23-24H,5-10,12H2,1H3. The normalized spacial score (nSPS) is 24.9. The van der Waals surface area contributed by atoms with E-state index in [0.29, 0.717) is 24.4 Å². The number of ether oxygens (including phenoxy) is 1. The maximum atomic E-state index is 12.9. The van der Waals surface area contributed by atoms with Crippen LogP contribution in [0.1, 0.15) is 42.9 Å².